The minimum atomic E-state index is -3.66. The van der Waals surface area contributed by atoms with E-state index in [1.165, 1.54) is 7.05 Å². The normalized spacial score (nSPS) is 11.3. The molecular formula is C7H7FN2O3S. The maximum atomic E-state index is 12.8. The first-order chi connectivity index (χ1) is 6.51. The van der Waals surface area contributed by atoms with Gasteiger partial charge >= 0.3 is 0 Å². The Kier molecular flexibility index (Phi) is 2.92. The van der Waals surface area contributed by atoms with Gasteiger partial charge in [-0.25, -0.2) is 17.5 Å². The summed E-state index contributed by atoms with van der Waals surface area (Å²) in [6.07, 6.45) is 0. The molecule has 76 valence electrons. The van der Waals surface area contributed by atoms with Gasteiger partial charge in [0.25, 0.3) is 0 Å². The smallest absolute Gasteiger partial charge is 0.214 e. The third kappa shape index (κ3) is 1.94. The summed E-state index contributed by atoms with van der Waals surface area (Å²) in [5, 5.41) is 2.36. The second-order valence-corrected chi connectivity index (χ2v) is 4.30. The van der Waals surface area contributed by atoms with E-state index in [9.17, 15) is 17.7 Å². The van der Waals surface area contributed by atoms with E-state index in [1.807, 2.05) is 4.72 Å². The summed E-state index contributed by atoms with van der Waals surface area (Å²) in [6, 6.07) is 2.80. The van der Waals surface area contributed by atoms with E-state index in [-0.39, 0.29) is 4.90 Å². The topological polar surface area (TPSA) is 75.6 Å². The largest absolute Gasteiger partial charge is 0.240 e. The zero-order chi connectivity index (χ0) is 10.8. The fraction of sp³-hybridized carbons (Fsp3) is 0.143. The van der Waals surface area contributed by atoms with Crippen molar-refractivity contribution in [2.45, 2.75) is 4.90 Å². The van der Waals surface area contributed by atoms with E-state index in [2.05, 4.69) is 5.18 Å². The Labute approximate surface area is 80.0 Å². The second kappa shape index (κ2) is 3.81. The molecule has 0 atom stereocenters. The van der Waals surface area contributed by atoms with Crippen LogP contribution in [0.3, 0.4) is 0 Å². The van der Waals surface area contributed by atoms with Gasteiger partial charge in [-0.15, -0.1) is 4.91 Å². The Morgan fingerprint density at radius 3 is 2.57 bits per heavy atom. The number of rotatable bonds is 3. The Morgan fingerprint density at radius 1 is 1.43 bits per heavy atom. The molecule has 0 heterocycles. The van der Waals surface area contributed by atoms with Crippen molar-refractivity contribution in [3.8, 4) is 0 Å². The fourth-order valence-electron chi connectivity index (χ4n) is 0.847. The van der Waals surface area contributed by atoms with Crippen LogP contribution in [0.5, 0.6) is 0 Å². The van der Waals surface area contributed by atoms with Crippen molar-refractivity contribution < 1.29 is 12.8 Å². The van der Waals surface area contributed by atoms with Crippen molar-refractivity contribution in [3.63, 3.8) is 0 Å². The Hall–Kier alpha value is -1.34. The molecule has 1 rings (SSSR count). The molecule has 0 amide bonds. The number of nitrogens with one attached hydrogen (secondary N) is 1. The number of nitroso groups, excluding NO2 is 1. The zero-order valence-corrected chi connectivity index (χ0v) is 8.01. The molecular weight excluding hydrogens is 211 g/mol. The van der Waals surface area contributed by atoms with Crippen LogP contribution < -0.4 is 4.72 Å². The lowest BCUT2D eigenvalue weighted by atomic mass is 10.3. The number of hydrogen-bond donors (Lipinski definition) is 1. The molecule has 0 aliphatic carbocycles. The van der Waals surface area contributed by atoms with Gasteiger partial charge in [0, 0.05) is 0 Å². The van der Waals surface area contributed by atoms with Crippen molar-refractivity contribution in [1.82, 2.24) is 4.72 Å². The molecule has 0 saturated heterocycles. The lowest BCUT2D eigenvalue weighted by Gasteiger charge is -2.02. The highest BCUT2D eigenvalue weighted by molar-refractivity contribution is 7.89. The minimum absolute atomic E-state index is 0.198. The Morgan fingerprint density at radius 2 is 2.07 bits per heavy atom. The molecule has 0 aromatic heterocycles. The molecule has 0 radical (unpaired) electrons. The van der Waals surface area contributed by atoms with Gasteiger partial charge in [-0.05, 0) is 30.4 Å². The quantitative estimate of drug-likeness (QED) is 0.772. The lowest BCUT2D eigenvalue weighted by Crippen LogP contribution is -2.18. The van der Waals surface area contributed by atoms with E-state index in [4.69, 9.17) is 0 Å². The first-order valence-electron chi connectivity index (χ1n) is 3.57. The first-order valence-corrected chi connectivity index (χ1v) is 5.06. The van der Waals surface area contributed by atoms with Crippen LogP contribution in [-0.4, -0.2) is 15.5 Å². The highest BCUT2D eigenvalue weighted by atomic mass is 32.2. The summed E-state index contributed by atoms with van der Waals surface area (Å²) in [7, 11) is -2.45. The van der Waals surface area contributed by atoms with Crippen molar-refractivity contribution in [1.29, 1.82) is 0 Å². The molecule has 0 aliphatic heterocycles. The maximum absolute atomic E-state index is 12.8. The van der Waals surface area contributed by atoms with Gasteiger partial charge in [0.05, 0.1) is 4.90 Å². The van der Waals surface area contributed by atoms with Gasteiger partial charge in [0.2, 0.25) is 10.0 Å². The average Bonchev–Trinajstić information content (AvgIpc) is 2.18. The summed E-state index contributed by atoms with van der Waals surface area (Å²) >= 11 is 0. The number of sulfonamides is 1. The van der Waals surface area contributed by atoms with E-state index in [1.54, 1.807) is 0 Å². The Bertz CT molecular complexity index is 458. The highest BCUT2D eigenvalue weighted by Gasteiger charge is 2.14. The molecule has 0 bridgehead atoms. The van der Waals surface area contributed by atoms with E-state index < -0.39 is 21.5 Å². The summed E-state index contributed by atoms with van der Waals surface area (Å²) in [4.78, 5) is 9.89. The maximum Gasteiger partial charge on any atom is 0.240 e. The summed E-state index contributed by atoms with van der Waals surface area (Å²) in [5.41, 5.74) is -0.527. The standard InChI is InChI=1S/C7H7FN2O3S/c1-9-14(12,13)5-2-3-6(8)7(4-5)10-11/h2-4,9H,1H3. The molecule has 1 aromatic carbocycles. The Balaban J connectivity index is 3.33. The number of benzene rings is 1. The van der Waals surface area contributed by atoms with Gasteiger partial charge in [-0.3, -0.25) is 0 Å². The van der Waals surface area contributed by atoms with E-state index in [0.29, 0.717) is 0 Å². The van der Waals surface area contributed by atoms with Crippen LogP contribution in [0.2, 0.25) is 0 Å². The van der Waals surface area contributed by atoms with Gasteiger partial charge in [0.15, 0.2) is 5.82 Å². The van der Waals surface area contributed by atoms with Crippen molar-refractivity contribution in [2.75, 3.05) is 7.05 Å². The predicted molar refractivity (Wildman–Crippen MR) is 48.1 cm³/mol. The third-order valence-electron chi connectivity index (χ3n) is 1.59. The average molecular weight is 218 g/mol. The summed E-state index contributed by atoms with van der Waals surface area (Å²) in [5.74, 6) is -0.852. The van der Waals surface area contributed by atoms with Crippen LogP contribution in [0.1, 0.15) is 0 Å². The van der Waals surface area contributed by atoms with Crippen LogP contribution in [-0.2, 0) is 10.0 Å². The third-order valence-corrected chi connectivity index (χ3v) is 3.01. The molecule has 5 nitrogen and oxygen atoms in total. The number of nitrogens with zero attached hydrogens (tertiary/aromatic N) is 1. The molecule has 0 aliphatic rings. The van der Waals surface area contributed by atoms with Gasteiger partial charge in [-0.2, -0.15) is 0 Å². The second-order valence-electron chi connectivity index (χ2n) is 2.41. The molecule has 0 saturated carbocycles. The van der Waals surface area contributed by atoms with Crippen LogP contribution >= 0.6 is 0 Å². The van der Waals surface area contributed by atoms with E-state index in [0.717, 1.165) is 18.2 Å². The van der Waals surface area contributed by atoms with Gasteiger partial charge in [-0.1, -0.05) is 0 Å². The van der Waals surface area contributed by atoms with Gasteiger partial charge < -0.3 is 0 Å². The molecule has 14 heavy (non-hydrogen) atoms. The monoisotopic (exact) mass is 218 g/mol. The summed E-state index contributed by atoms with van der Waals surface area (Å²) in [6.45, 7) is 0. The number of halogens is 1. The molecule has 0 unspecified atom stereocenters. The molecule has 0 spiro atoms. The SMILES string of the molecule is CNS(=O)(=O)c1ccc(F)c(N=O)c1. The highest BCUT2D eigenvalue weighted by Crippen LogP contribution is 2.21. The summed E-state index contributed by atoms with van der Waals surface area (Å²) < 4.78 is 37.2. The molecule has 7 heteroatoms. The van der Waals surface area contributed by atoms with Crippen molar-refractivity contribution in [2.24, 2.45) is 5.18 Å². The van der Waals surface area contributed by atoms with E-state index >= 15 is 0 Å². The minimum Gasteiger partial charge on any atom is -0.214 e. The molecule has 1 aromatic rings. The van der Waals surface area contributed by atoms with Gasteiger partial charge in [0.1, 0.15) is 5.69 Å². The van der Waals surface area contributed by atoms with Crippen molar-refractivity contribution >= 4 is 15.7 Å². The van der Waals surface area contributed by atoms with Crippen LogP contribution in [0, 0.1) is 10.7 Å². The van der Waals surface area contributed by atoms with Crippen LogP contribution in [0.15, 0.2) is 28.3 Å². The zero-order valence-electron chi connectivity index (χ0n) is 7.19. The van der Waals surface area contributed by atoms with Crippen molar-refractivity contribution in [3.05, 3.63) is 28.9 Å². The first kappa shape index (κ1) is 10.7. The molecule has 0 fully saturated rings. The lowest BCUT2D eigenvalue weighted by molar-refractivity contribution is 0.587. The fourth-order valence-corrected chi connectivity index (χ4v) is 1.60. The van der Waals surface area contributed by atoms with Crippen LogP contribution in [0.4, 0.5) is 10.1 Å². The molecule has 1 N–H and O–H groups in total. The predicted octanol–water partition coefficient (Wildman–Crippen LogP) is 1.13. The number of hydrogen-bond acceptors (Lipinski definition) is 4. The van der Waals surface area contributed by atoms with Crippen LogP contribution in [0.25, 0.3) is 0 Å².